The number of nitrogens with zero attached hydrogens (tertiary/aromatic N) is 1. The Morgan fingerprint density at radius 1 is 1.03 bits per heavy atom. The van der Waals surface area contributed by atoms with Gasteiger partial charge in [-0.05, 0) is 36.0 Å². The minimum absolute atomic E-state index is 0.0576. The topological polar surface area (TPSA) is 99.8 Å². The van der Waals surface area contributed by atoms with Crippen LogP contribution in [0.15, 0.2) is 54.6 Å². The van der Waals surface area contributed by atoms with Crippen LogP contribution in [0.5, 0.6) is 5.75 Å². The first-order valence-corrected chi connectivity index (χ1v) is 13.7. The number of carbonyl (C=O) groups excluding carboxylic acids is 3. The molecule has 9 heteroatoms. The van der Waals surface area contributed by atoms with E-state index < -0.39 is 30.7 Å². The molecule has 0 saturated heterocycles. The molecule has 1 aliphatic heterocycles. The van der Waals surface area contributed by atoms with Gasteiger partial charge in [-0.15, -0.1) is 0 Å². The number of para-hydroxylation sites is 1. The van der Waals surface area contributed by atoms with Crippen molar-refractivity contribution in [1.29, 1.82) is 0 Å². The van der Waals surface area contributed by atoms with Gasteiger partial charge in [-0.2, -0.15) is 0 Å². The van der Waals surface area contributed by atoms with Crippen molar-refractivity contribution in [3.8, 4) is 5.75 Å². The third kappa shape index (κ3) is 8.51. The summed E-state index contributed by atoms with van der Waals surface area (Å²) in [6.07, 6.45) is 2.33. The number of halogens is 1. The summed E-state index contributed by atoms with van der Waals surface area (Å²) in [5.41, 5.74) is 1.88. The van der Waals surface area contributed by atoms with E-state index in [0.29, 0.717) is 39.0 Å². The molecule has 0 spiro atoms. The van der Waals surface area contributed by atoms with E-state index in [-0.39, 0.29) is 24.2 Å². The van der Waals surface area contributed by atoms with Crippen molar-refractivity contribution in [3.05, 3.63) is 65.7 Å². The van der Waals surface area contributed by atoms with Gasteiger partial charge in [0.1, 0.15) is 31.1 Å². The lowest BCUT2D eigenvalue weighted by Gasteiger charge is -2.32. The summed E-state index contributed by atoms with van der Waals surface area (Å²) in [4.78, 5) is 41.1. The van der Waals surface area contributed by atoms with Crippen molar-refractivity contribution < 1.29 is 23.5 Å². The predicted octanol–water partition coefficient (Wildman–Crippen LogP) is 2.66. The predicted molar refractivity (Wildman–Crippen MR) is 149 cm³/mol. The summed E-state index contributed by atoms with van der Waals surface area (Å²) < 4.78 is 20.3. The van der Waals surface area contributed by atoms with E-state index in [0.717, 1.165) is 21.8 Å². The molecule has 8 nitrogen and oxygen atoms in total. The number of aryl methyl sites for hydroxylation is 1. The second kappa shape index (κ2) is 15.2. The molecular weight excluding hydrogens is 499 g/mol. The third-order valence-corrected chi connectivity index (χ3v) is 7.28. The lowest BCUT2D eigenvalue weighted by molar-refractivity contribution is -0.142. The first-order chi connectivity index (χ1) is 18.8. The molecule has 2 aromatic rings. The second-order valence-corrected chi connectivity index (χ2v) is 10.0. The number of fused-ring (bicyclic) bond motifs is 1. The Bertz CT molecular complexity index is 1080. The van der Waals surface area contributed by atoms with Gasteiger partial charge in [0.05, 0.1) is 6.04 Å². The molecule has 1 heterocycles. The van der Waals surface area contributed by atoms with Crippen LogP contribution < -0.4 is 20.7 Å². The highest BCUT2D eigenvalue weighted by atomic mass is 19.1. The van der Waals surface area contributed by atoms with Crippen LogP contribution in [-0.4, -0.2) is 74.2 Å². The number of hydrogen-bond donors (Lipinski definition) is 3. The van der Waals surface area contributed by atoms with Crippen LogP contribution in [-0.2, 0) is 27.2 Å². The molecule has 1 unspecified atom stereocenters. The molecule has 3 amide bonds. The number of amides is 3. The van der Waals surface area contributed by atoms with E-state index in [1.807, 2.05) is 68.4 Å². The Kier molecular flexibility index (Phi) is 11.7. The van der Waals surface area contributed by atoms with Crippen LogP contribution in [0.2, 0.25) is 0 Å². The maximum atomic E-state index is 14.3. The second-order valence-electron chi connectivity index (χ2n) is 10.0. The maximum Gasteiger partial charge on any atom is 0.246 e. The minimum atomic E-state index is -1.36. The number of benzene rings is 2. The number of carbonyl (C=O) groups is 3. The zero-order chi connectivity index (χ0) is 28.2. The fourth-order valence-corrected chi connectivity index (χ4v) is 4.66. The van der Waals surface area contributed by atoms with Gasteiger partial charge in [0, 0.05) is 26.6 Å². The quantitative estimate of drug-likeness (QED) is 0.542. The van der Waals surface area contributed by atoms with E-state index in [1.165, 1.54) is 7.05 Å². The van der Waals surface area contributed by atoms with Crippen LogP contribution >= 0.6 is 0 Å². The summed E-state index contributed by atoms with van der Waals surface area (Å²) >= 11 is 0. The van der Waals surface area contributed by atoms with Gasteiger partial charge >= 0.3 is 0 Å². The van der Waals surface area contributed by atoms with E-state index in [1.54, 1.807) is 0 Å². The number of likely N-dealkylation sites (N-methyl/N-ethyl adjacent to an activating group) is 1. The molecule has 2 aromatic carbocycles. The lowest BCUT2D eigenvalue weighted by atomic mass is 9.97. The van der Waals surface area contributed by atoms with Gasteiger partial charge in [0.25, 0.3) is 0 Å². The highest BCUT2D eigenvalue weighted by Gasteiger charge is 2.35. The largest absolute Gasteiger partial charge is 0.492 e. The van der Waals surface area contributed by atoms with Gasteiger partial charge in [0.2, 0.25) is 17.7 Å². The van der Waals surface area contributed by atoms with Crippen LogP contribution in [0.3, 0.4) is 0 Å². The smallest absolute Gasteiger partial charge is 0.246 e. The van der Waals surface area contributed by atoms with Crippen molar-refractivity contribution in [2.75, 3.05) is 33.4 Å². The van der Waals surface area contributed by atoms with Crippen molar-refractivity contribution in [1.82, 2.24) is 20.9 Å². The first kappa shape index (κ1) is 30.1. The SMILES string of the molecule is CCC(C)[C@@H]1NCCOc2ccccc2CCCNC(=O)[C@@H](Cc2ccccc2)NC(=O)[C@H](CF)N(C)C1=O. The average Bonchev–Trinajstić information content (AvgIpc) is 2.95. The number of alkyl halides is 1. The number of rotatable bonds is 5. The average molecular weight is 541 g/mol. The molecule has 0 aromatic heterocycles. The van der Waals surface area contributed by atoms with Crippen molar-refractivity contribution in [3.63, 3.8) is 0 Å². The molecule has 3 N–H and O–H groups in total. The lowest BCUT2D eigenvalue weighted by Crippen LogP contribution is -2.59. The Morgan fingerprint density at radius 2 is 1.74 bits per heavy atom. The van der Waals surface area contributed by atoms with Gasteiger partial charge in [-0.1, -0.05) is 68.8 Å². The Morgan fingerprint density at radius 3 is 2.46 bits per heavy atom. The first-order valence-electron chi connectivity index (χ1n) is 13.7. The molecule has 0 saturated carbocycles. The van der Waals surface area contributed by atoms with Crippen molar-refractivity contribution >= 4 is 17.7 Å². The molecule has 0 aliphatic carbocycles. The van der Waals surface area contributed by atoms with Gasteiger partial charge in [-0.25, -0.2) is 4.39 Å². The number of nitrogens with one attached hydrogen (secondary N) is 3. The van der Waals surface area contributed by atoms with Crippen LogP contribution in [0, 0.1) is 5.92 Å². The summed E-state index contributed by atoms with van der Waals surface area (Å²) in [6, 6.07) is 14.2. The fraction of sp³-hybridized carbons (Fsp3) is 0.500. The summed E-state index contributed by atoms with van der Waals surface area (Å²) in [5.74, 6) is -0.734. The maximum absolute atomic E-state index is 14.3. The summed E-state index contributed by atoms with van der Waals surface area (Å²) in [6.45, 7) is 4.00. The molecule has 4 atom stereocenters. The van der Waals surface area contributed by atoms with E-state index in [4.69, 9.17) is 4.74 Å². The Hall–Kier alpha value is -3.46. The normalized spacial score (nSPS) is 22.9. The Balaban J connectivity index is 1.88. The monoisotopic (exact) mass is 540 g/mol. The van der Waals surface area contributed by atoms with Crippen molar-refractivity contribution in [2.24, 2.45) is 5.92 Å². The summed E-state index contributed by atoms with van der Waals surface area (Å²) in [5, 5.41) is 8.89. The minimum Gasteiger partial charge on any atom is -0.492 e. The standard InChI is InChI=1S/C30H41FN4O4/c1-4-21(2)27-30(38)35(3)25(20-31)29(37)34-24(19-22-11-6-5-7-12-22)28(36)33-16-10-14-23-13-8-9-15-26(23)39-18-17-32-27/h5-9,11-13,15,21,24-25,27,32H,4,10,14,16-20H2,1-3H3,(H,33,36)(H,34,37)/t21?,24-,25+,27+/m1/s1. The molecule has 0 radical (unpaired) electrons. The molecule has 212 valence electrons. The number of hydrogen-bond acceptors (Lipinski definition) is 5. The van der Waals surface area contributed by atoms with Gasteiger partial charge in [0.15, 0.2) is 0 Å². The molecule has 0 fully saturated rings. The molecule has 39 heavy (non-hydrogen) atoms. The zero-order valence-electron chi connectivity index (χ0n) is 23.1. The summed E-state index contributed by atoms with van der Waals surface area (Å²) in [7, 11) is 1.43. The van der Waals surface area contributed by atoms with E-state index in [9.17, 15) is 18.8 Å². The molecule has 0 bridgehead atoms. The van der Waals surface area contributed by atoms with E-state index >= 15 is 0 Å². The molecule has 3 rings (SSSR count). The highest BCUT2D eigenvalue weighted by molar-refractivity contribution is 5.93. The highest BCUT2D eigenvalue weighted by Crippen LogP contribution is 2.20. The number of ether oxygens (including phenoxy) is 1. The zero-order valence-corrected chi connectivity index (χ0v) is 23.1. The molecule has 1 aliphatic rings. The van der Waals surface area contributed by atoms with Crippen molar-refractivity contribution in [2.45, 2.75) is 57.7 Å². The third-order valence-electron chi connectivity index (χ3n) is 7.28. The fourth-order valence-electron chi connectivity index (χ4n) is 4.66. The van der Waals surface area contributed by atoms with Crippen LogP contribution in [0.4, 0.5) is 4.39 Å². The Labute approximate surface area is 230 Å². The van der Waals surface area contributed by atoms with Crippen LogP contribution in [0.25, 0.3) is 0 Å². The van der Waals surface area contributed by atoms with E-state index in [2.05, 4.69) is 16.0 Å². The van der Waals surface area contributed by atoms with Crippen LogP contribution in [0.1, 0.15) is 37.8 Å². The van der Waals surface area contributed by atoms with Gasteiger partial charge in [-0.3, -0.25) is 14.4 Å². The molecular formula is C30H41FN4O4. The van der Waals surface area contributed by atoms with Gasteiger partial charge < -0.3 is 25.6 Å².